The SMILES string of the molecule is NC1=CC(c2nc(C3C=CC=CC3)[nH+]c(-c3ccccc3)[nH+]2)=C2c3ccc(-c4ccc(-c5ccccn5)cc4)cc3OC2C1. The van der Waals surface area contributed by atoms with E-state index in [2.05, 4.69) is 99.9 Å². The summed E-state index contributed by atoms with van der Waals surface area (Å²) in [5.74, 6) is 3.60. The van der Waals surface area contributed by atoms with Crippen LogP contribution in [-0.4, -0.2) is 16.1 Å². The van der Waals surface area contributed by atoms with Crippen molar-refractivity contribution < 1.29 is 14.7 Å². The van der Waals surface area contributed by atoms with Gasteiger partial charge in [0.25, 0.3) is 0 Å². The van der Waals surface area contributed by atoms with E-state index in [0.29, 0.717) is 6.42 Å². The number of hydrogen-bond donors (Lipinski definition) is 1. The van der Waals surface area contributed by atoms with Crippen LogP contribution in [-0.2, 0) is 0 Å². The van der Waals surface area contributed by atoms with Crippen molar-refractivity contribution in [1.29, 1.82) is 0 Å². The molecule has 2 aromatic heterocycles. The van der Waals surface area contributed by atoms with Gasteiger partial charge in [0.05, 0.1) is 21.8 Å². The molecule has 6 heteroatoms. The highest BCUT2D eigenvalue weighted by atomic mass is 16.5. The number of H-pyrrole nitrogens is 2. The van der Waals surface area contributed by atoms with Gasteiger partial charge in [-0.2, -0.15) is 9.97 Å². The smallest absolute Gasteiger partial charge is 0.400 e. The Bertz CT molecular complexity index is 1990. The first-order chi connectivity index (χ1) is 21.7. The molecule has 8 rings (SSSR count). The number of pyridine rings is 1. The first-order valence-corrected chi connectivity index (χ1v) is 15.0. The second-order valence-corrected chi connectivity index (χ2v) is 11.4. The fourth-order valence-electron chi connectivity index (χ4n) is 6.26. The van der Waals surface area contributed by atoms with E-state index in [-0.39, 0.29) is 12.0 Å². The van der Waals surface area contributed by atoms with Crippen LogP contribution in [0, 0.1) is 0 Å². The van der Waals surface area contributed by atoms with E-state index in [0.717, 1.165) is 80.0 Å². The molecule has 2 unspecified atom stereocenters. The molecule has 0 amide bonds. The summed E-state index contributed by atoms with van der Waals surface area (Å²) in [4.78, 5) is 16.8. The molecule has 2 aliphatic carbocycles. The van der Waals surface area contributed by atoms with Gasteiger partial charge in [-0.25, -0.2) is 0 Å². The van der Waals surface area contributed by atoms with Gasteiger partial charge in [0.1, 0.15) is 17.8 Å². The Hall–Kier alpha value is -5.62. The molecular weight excluding hydrogens is 542 g/mol. The molecule has 2 atom stereocenters. The molecule has 5 aromatic rings. The lowest BCUT2D eigenvalue weighted by Crippen LogP contribution is -2.33. The number of rotatable bonds is 5. The fraction of sp³-hybridized carbons (Fsp3) is 0.105. The predicted octanol–water partition coefficient (Wildman–Crippen LogP) is 6.62. The Morgan fingerprint density at radius 3 is 2.41 bits per heavy atom. The van der Waals surface area contributed by atoms with E-state index >= 15 is 0 Å². The molecule has 3 aromatic carbocycles. The summed E-state index contributed by atoms with van der Waals surface area (Å²) in [6, 6.07) is 31.2. The predicted molar refractivity (Wildman–Crippen MR) is 172 cm³/mol. The number of allylic oxidation sites excluding steroid dienone is 6. The monoisotopic (exact) mass is 573 g/mol. The molecule has 0 radical (unpaired) electrons. The maximum Gasteiger partial charge on any atom is 0.400 e. The summed E-state index contributed by atoms with van der Waals surface area (Å²) >= 11 is 0. The van der Waals surface area contributed by atoms with Crippen LogP contribution in [0.4, 0.5) is 0 Å². The highest BCUT2D eigenvalue weighted by molar-refractivity contribution is 6.00. The van der Waals surface area contributed by atoms with Gasteiger partial charge in [-0.3, -0.25) is 4.98 Å². The number of aromatic nitrogens is 4. The van der Waals surface area contributed by atoms with Gasteiger partial charge in [-0.05, 0) is 54.0 Å². The Morgan fingerprint density at radius 1 is 0.795 bits per heavy atom. The van der Waals surface area contributed by atoms with Crippen molar-refractivity contribution in [3.05, 3.63) is 150 Å². The van der Waals surface area contributed by atoms with E-state index in [1.807, 2.05) is 42.6 Å². The number of ether oxygens (including phenoxy) is 1. The quantitative estimate of drug-likeness (QED) is 0.256. The maximum absolute atomic E-state index is 6.59. The van der Waals surface area contributed by atoms with Gasteiger partial charge in [-0.15, -0.1) is 0 Å². The summed E-state index contributed by atoms with van der Waals surface area (Å²) in [7, 11) is 0. The van der Waals surface area contributed by atoms with Crippen LogP contribution in [0.2, 0.25) is 0 Å². The van der Waals surface area contributed by atoms with Crippen molar-refractivity contribution in [2.45, 2.75) is 24.9 Å². The number of nitrogens with one attached hydrogen (secondary N) is 2. The molecule has 3 aliphatic rings. The third-order valence-electron chi connectivity index (χ3n) is 8.46. The van der Waals surface area contributed by atoms with E-state index in [1.165, 1.54) is 0 Å². The summed E-state index contributed by atoms with van der Waals surface area (Å²) in [5.41, 5.74) is 15.8. The zero-order valence-corrected chi connectivity index (χ0v) is 24.1. The van der Waals surface area contributed by atoms with Crippen LogP contribution >= 0.6 is 0 Å². The minimum Gasteiger partial charge on any atom is -0.485 e. The third-order valence-corrected chi connectivity index (χ3v) is 8.46. The topological polar surface area (TPSA) is 89.3 Å². The van der Waals surface area contributed by atoms with E-state index < -0.39 is 0 Å². The van der Waals surface area contributed by atoms with Crippen molar-refractivity contribution >= 4 is 11.1 Å². The molecule has 0 bridgehead atoms. The molecule has 0 saturated heterocycles. The summed E-state index contributed by atoms with van der Waals surface area (Å²) in [5, 5.41) is 0. The van der Waals surface area contributed by atoms with Crippen LogP contribution in [0.25, 0.3) is 44.9 Å². The van der Waals surface area contributed by atoms with Gasteiger partial charge in [0.2, 0.25) is 0 Å². The Kier molecular flexibility index (Phi) is 6.45. The van der Waals surface area contributed by atoms with Gasteiger partial charge < -0.3 is 10.5 Å². The number of hydrogen-bond acceptors (Lipinski definition) is 4. The molecule has 4 N–H and O–H groups in total. The molecular formula is C38H31N5O+2. The van der Waals surface area contributed by atoms with Crippen LogP contribution in [0.15, 0.2) is 133 Å². The van der Waals surface area contributed by atoms with Crippen molar-refractivity contribution in [2.24, 2.45) is 5.73 Å². The maximum atomic E-state index is 6.59. The molecule has 212 valence electrons. The molecule has 44 heavy (non-hydrogen) atoms. The number of benzene rings is 3. The van der Waals surface area contributed by atoms with Gasteiger partial charge in [0, 0.05) is 35.0 Å². The lowest BCUT2D eigenvalue weighted by Gasteiger charge is -2.18. The van der Waals surface area contributed by atoms with Crippen molar-refractivity contribution in [3.63, 3.8) is 0 Å². The number of aromatic amines is 2. The lowest BCUT2D eigenvalue weighted by atomic mass is 9.88. The first-order valence-electron chi connectivity index (χ1n) is 15.0. The van der Waals surface area contributed by atoms with Crippen molar-refractivity contribution in [2.75, 3.05) is 0 Å². The summed E-state index contributed by atoms with van der Waals surface area (Å²) in [6.45, 7) is 0. The summed E-state index contributed by atoms with van der Waals surface area (Å²) in [6.07, 6.45) is 13.8. The Balaban J connectivity index is 1.21. The lowest BCUT2D eigenvalue weighted by molar-refractivity contribution is -0.524. The van der Waals surface area contributed by atoms with Gasteiger partial charge in [-0.1, -0.05) is 85.0 Å². The third kappa shape index (κ3) is 4.80. The van der Waals surface area contributed by atoms with Crippen LogP contribution in [0.5, 0.6) is 5.75 Å². The minimum atomic E-state index is -0.174. The minimum absolute atomic E-state index is 0.154. The van der Waals surface area contributed by atoms with E-state index in [1.54, 1.807) is 0 Å². The number of nitrogens with two attached hydrogens (primary N) is 1. The molecule has 0 saturated carbocycles. The first kappa shape index (κ1) is 26.0. The molecule has 0 fully saturated rings. The zero-order chi connectivity index (χ0) is 29.5. The van der Waals surface area contributed by atoms with Gasteiger partial charge >= 0.3 is 17.5 Å². The Morgan fingerprint density at radius 2 is 1.61 bits per heavy atom. The highest BCUT2D eigenvalue weighted by Crippen LogP contribution is 2.47. The van der Waals surface area contributed by atoms with Crippen molar-refractivity contribution in [3.8, 4) is 39.5 Å². The second kappa shape index (κ2) is 10.9. The summed E-state index contributed by atoms with van der Waals surface area (Å²) < 4.78 is 6.59. The molecule has 0 spiro atoms. The fourth-order valence-corrected chi connectivity index (χ4v) is 6.26. The van der Waals surface area contributed by atoms with Crippen molar-refractivity contribution in [1.82, 2.24) is 9.97 Å². The van der Waals surface area contributed by atoms with E-state index in [4.69, 9.17) is 15.5 Å². The molecule has 3 heterocycles. The largest absolute Gasteiger partial charge is 0.485 e. The van der Waals surface area contributed by atoms with Gasteiger partial charge in [0.15, 0.2) is 0 Å². The average Bonchev–Trinajstić information content (AvgIpc) is 3.46. The molecule has 1 aliphatic heterocycles. The normalized spacial score (nSPS) is 18.4. The second-order valence-electron chi connectivity index (χ2n) is 11.4. The number of nitrogens with zero attached hydrogens (tertiary/aromatic N) is 2. The highest BCUT2D eigenvalue weighted by Gasteiger charge is 2.39. The molecule has 6 nitrogen and oxygen atoms in total. The average molecular weight is 574 g/mol. The Labute approximate surface area is 256 Å². The number of fused-ring (bicyclic) bond motifs is 3. The zero-order valence-electron chi connectivity index (χ0n) is 24.1. The van der Waals surface area contributed by atoms with Crippen LogP contribution < -0.4 is 20.4 Å². The van der Waals surface area contributed by atoms with Crippen LogP contribution in [0.1, 0.15) is 36.0 Å². The van der Waals surface area contributed by atoms with E-state index in [9.17, 15) is 0 Å². The van der Waals surface area contributed by atoms with Crippen LogP contribution in [0.3, 0.4) is 0 Å². The standard InChI is InChI=1S/C38H29N5O/c39-29-22-31(38-42-36(26-9-3-1-4-10-26)41-37(43-38)27-11-5-2-6-12-27)35-30-19-18-28(21-33(30)44-34(35)23-29)24-14-16-25(17-15-24)32-13-7-8-20-40-32/h1-11,13-22,27,34H,12,23,39H2/p+2.